The van der Waals surface area contributed by atoms with Gasteiger partial charge in [0, 0.05) is 13.0 Å². The number of halogens is 1. The summed E-state index contributed by atoms with van der Waals surface area (Å²) in [6.07, 6.45) is 4.94. The molecule has 1 heterocycles. The normalized spacial score (nSPS) is 19.6. The molecule has 1 aliphatic heterocycles. The van der Waals surface area contributed by atoms with Crippen molar-refractivity contribution in [1.29, 1.82) is 0 Å². The Balaban J connectivity index is 0.00000144. The van der Waals surface area contributed by atoms with Gasteiger partial charge in [-0.05, 0) is 32.9 Å². The van der Waals surface area contributed by atoms with E-state index in [4.69, 9.17) is 5.21 Å². The Morgan fingerprint density at radius 3 is 2.46 bits per heavy atom. The van der Waals surface area contributed by atoms with Crippen molar-refractivity contribution in [2.24, 2.45) is 5.16 Å². The summed E-state index contributed by atoms with van der Waals surface area (Å²) >= 11 is 0. The molecule has 0 atom stereocenters. The molecule has 1 rings (SSSR count). The summed E-state index contributed by atoms with van der Waals surface area (Å²) in [5.74, 6) is 0. The standard InChI is InChI=1S/C9H18N2O.ClH/c1-9(10-12)5-8-11-6-3-2-4-7-11;/h12H,2-8H2,1H3;1H/b10-9+;. The molecule has 1 fully saturated rings. The summed E-state index contributed by atoms with van der Waals surface area (Å²) in [7, 11) is 0. The minimum atomic E-state index is 0. The van der Waals surface area contributed by atoms with E-state index in [9.17, 15) is 0 Å². The third-order valence-electron chi connectivity index (χ3n) is 2.41. The highest BCUT2D eigenvalue weighted by molar-refractivity contribution is 5.85. The molecule has 78 valence electrons. The maximum Gasteiger partial charge on any atom is 0.0552 e. The quantitative estimate of drug-likeness (QED) is 0.436. The summed E-state index contributed by atoms with van der Waals surface area (Å²) in [5.41, 5.74) is 0.834. The van der Waals surface area contributed by atoms with Crippen LogP contribution in [0.15, 0.2) is 5.16 Å². The average Bonchev–Trinajstić information content (AvgIpc) is 2.16. The molecule has 13 heavy (non-hydrogen) atoms. The Morgan fingerprint density at radius 1 is 1.31 bits per heavy atom. The maximum atomic E-state index is 8.43. The van der Waals surface area contributed by atoms with E-state index in [1.54, 1.807) is 0 Å². The van der Waals surface area contributed by atoms with Gasteiger partial charge in [0.1, 0.15) is 0 Å². The van der Waals surface area contributed by atoms with Gasteiger partial charge in [0.05, 0.1) is 5.71 Å². The lowest BCUT2D eigenvalue weighted by Gasteiger charge is -2.25. The zero-order valence-electron chi connectivity index (χ0n) is 8.20. The first-order valence-electron chi connectivity index (χ1n) is 4.73. The van der Waals surface area contributed by atoms with Crippen molar-refractivity contribution in [2.75, 3.05) is 19.6 Å². The van der Waals surface area contributed by atoms with Crippen LogP contribution >= 0.6 is 12.4 Å². The average molecular weight is 207 g/mol. The van der Waals surface area contributed by atoms with Crippen LogP contribution in [0.4, 0.5) is 0 Å². The Kier molecular flexibility index (Phi) is 7.00. The van der Waals surface area contributed by atoms with Crippen LogP contribution < -0.4 is 0 Å². The van der Waals surface area contributed by atoms with E-state index in [1.807, 2.05) is 6.92 Å². The molecule has 0 amide bonds. The Labute approximate surface area is 86.2 Å². The van der Waals surface area contributed by atoms with E-state index in [2.05, 4.69) is 10.1 Å². The second-order valence-corrected chi connectivity index (χ2v) is 3.49. The molecule has 0 aliphatic carbocycles. The second-order valence-electron chi connectivity index (χ2n) is 3.49. The van der Waals surface area contributed by atoms with Crippen LogP contribution in [0.3, 0.4) is 0 Å². The molecule has 1 aliphatic rings. The van der Waals surface area contributed by atoms with E-state index in [1.165, 1.54) is 32.4 Å². The fraction of sp³-hybridized carbons (Fsp3) is 0.889. The molecule has 0 aromatic rings. The van der Waals surface area contributed by atoms with E-state index in [-0.39, 0.29) is 12.4 Å². The number of likely N-dealkylation sites (tertiary alicyclic amines) is 1. The first kappa shape index (κ1) is 12.7. The summed E-state index contributed by atoms with van der Waals surface area (Å²) in [4.78, 5) is 2.44. The molecular formula is C9H19ClN2O. The van der Waals surface area contributed by atoms with Crippen molar-refractivity contribution < 1.29 is 5.21 Å². The minimum absolute atomic E-state index is 0. The van der Waals surface area contributed by atoms with Gasteiger partial charge >= 0.3 is 0 Å². The topological polar surface area (TPSA) is 35.8 Å². The lowest BCUT2D eigenvalue weighted by Crippen LogP contribution is -2.31. The molecule has 0 unspecified atom stereocenters. The first-order valence-corrected chi connectivity index (χ1v) is 4.73. The minimum Gasteiger partial charge on any atom is -0.411 e. The molecule has 0 aromatic carbocycles. The highest BCUT2D eigenvalue weighted by Gasteiger charge is 2.09. The van der Waals surface area contributed by atoms with Crippen LogP contribution in [0, 0.1) is 0 Å². The van der Waals surface area contributed by atoms with Crippen LogP contribution in [0.25, 0.3) is 0 Å². The van der Waals surface area contributed by atoms with Gasteiger partial charge in [0.15, 0.2) is 0 Å². The SMILES string of the molecule is C/C(CCN1CCCCC1)=N\O.Cl. The lowest BCUT2D eigenvalue weighted by atomic mass is 10.1. The third-order valence-corrected chi connectivity index (χ3v) is 2.41. The molecular weight excluding hydrogens is 188 g/mol. The molecule has 0 bridgehead atoms. The van der Waals surface area contributed by atoms with Crippen molar-refractivity contribution >= 4 is 18.1 Å². The summed E-state index contributed by atoms with van der Waals surface area (Å²) in [5, 5.41) is 11.6. The molecule has 1 saturated heterocycles. The zero-order valence-corrected chi connectivity index (χ0v) is 9.02. The summed E-state index contributed by atoms with van der Waals surface area (Å²) < 4.78 is 0. The van der Waals surface area contributed by atoms with Gasteiger partial charge in [-0.3, -0.25) is 0 Å². The predicted molar refractivity (Wildman–Crippen MR) is 57.1 cm³/mol. The molecule has 1 N–H and O–H groups in total. The highest BCUT2D eigenvalue weighted by atomic mass is 35.5. The van der Waals surface area contributed by atoms with Crippen LogP contribution in [-0.4, -0.2) is 35.5 Å². The molecule has 0 spiro atoms. The second kappa shape index (κ2) is 7.15. The number of oxime groups is 1. The number of hydrogen-bond acceptors (Lipinski definition) is 3. The van der Waals surface area contributed by atoms with Crippen molar-refractivity contribution in [3.05, 3.63) is 0 Å². The molecule has 0 aromatic heterocycles. The summed E-state index contributed by atoms with van der Waals surface area (Å²) in [6.45, 7) is 5.36. The smallest absolute Gasteiger partial charge is 0.0552 e. The van der Waals surface area contributed by atoms with E-state index in [0.29, 0.717) is 0 Å². The number of nitrogens with zero attached hydrogens (tertiary/aromatic N) is 2. The lowest BCUT2D eigenvalue weighted by molar-refractivity contribution is 0.233. The number of hydrogen-bond donors (Lipinski definition) is 1. The van der Waals surface area contributed by atoms with Gasteiger partial charge in [-0.25, -0.2) is 0 Å². The fourth-order valence-electron chi connectivity index (χ4n) is 1.55. The van der Waals surface area contributed by atoms with E-state index >= 15 is 0 Å². The van der Waals surface area contributed by atoms with Gasteiger partial charge in [-0.1, -0.05) is 11.6 Å². The third kappa shape index (κ3) is 5.11. The van der Waals surface area contributed by atoms with Gasteiger partial charge in [-0.15, -0.1) is 12.4 Å². The van der Waals surface area contributed by atoms with E-state index < -0.39 is 0 Å². The van der Waals surface area contributed by atoms with E-state index in [0.717, 1.165) is 18.7 Å². The molecule has 4 heteroatoms. The van der Waals surface area contributed by atoms with Crippen LogP contribution in [-0.2, 0) is 0 Å². The van der Waals surface area contributed by atoms with Crippen LogP contribution in [0.5, 0.6) is 0 Å². The Bertz CT molecular complexity index is 156. The fourth-order valence-corrected chi connectivity index (χ4v) is 1.55. The predicted octanol–water partition coefficient (Wildman–Crippen LogP) is 2.13. The molecule has 3 nitrogen and oxygen atoms in total. The molecule has 0 saturated carbocycles. The number of rotatable bonds is 3. The largest absolute Gasteiger partial charge is 0.411 e. The molecule has 0 radical (unpaired) electrons. The monoisotopic (exact) mass is 206 g/mol. The van der Waals surface area contributed by atoms with Gasteiger partial charge in [0.2, 0.25) is 0 Å². The summed E-state index contributed by atoms with van der Waals surface area (Å²) in [6, 6.07) is 0. The number of piperidine rings is 1. The first-order chi connectivity index (χ1) is 5.83. The van der Waals surface area contributed by atoms with Gasteiger partial charge in [-0.2, -0.15) is 0 Å². The zero-order chi connectivity index (χ0) is 8.81. The Hall–Kier alpha value is -0.280. The van der Waals surface area contributed by atoms with Gasteiger partial charge in [0.25, 0.3) is 0 Å². The van der Waals surface area contributed by atoms with Crippen molar-refractivity contribution in [1.82, 2.24) is 4.90 Å². The van der Waals surface area contributed by atoms with Crippen LogP contribution in [0.2, 0.25) is 0 Å². The van der Waals surface area contributed by atoms with Gasteiger partial charge < -0.3 is 10.1 Å². The van der Waals surface area contributed by atoms with Crippen LogP contribution in [0.1, 0.15) is 32.6 Å². The Morgan fingerprint density at radius 2 is 1.92 bits per heavy atom. The van der Waals surface area contributed by atoms with Crippen molar-refractivity contribution in [3.63, 3.8) is 0 Å². The van der Waals surface area contributed by atoms with Crippen molar-refractivity contribution in [3.8, 4) is 0 Å². The maximum absolute atomic E-state index is 8.43. The highest BCUT2D eigenvalue weighted by Crippen LogP contribution is 2.08. The van der Waals surface area contributed by atoms with Crippen molar-refractivity contribution in [2.45, 2.75) is 32.6 Å².